The van der Waals surface area contributed by atoms with Gasteiger partial charge in [0.15, 0.2) is 6.10 Å². The van der Waals surface area contributed by atoms with E-state index in [1.165, 1.54) is 6.92 Å². The van der Waals surface area contributed by atoms with E-state index in [-0.39, 0.29) is 0 Å². The summed E-state index contributed by atoms with van der Waals surface area (Å²) in [5, 5.41) is 9.38. The Morgan fingerprint density at radius 2 is 1.89 bits per heavy atom. The number of hydrogen-bond donors (Lipinski definition) is 1. The lowest BCUT2D eigenvalue weighted by Crippen LogP contribution is -2.30. The number of esters is 1. The second-order valence-corrected chi connectivity index (χ2v) is 6.68. The highest BCUT2D eigenvalue weighted by Crippen LogP contribution is 2.22. The molecule has 1 N–H and O–H groups in total. The highest BCUT2D eigenvalue weighted by Gasteiger charge is 2.20. The number of rotatable bonds is 5. The van der Waals surface area contributed by atoms with Crippen molar-refractivity contribution in [3.05, 3.63) is 59.1 Å². The second-order valence-electron chi connectivity index (χ2n) is 6.27. The highest BCUT2D eigenvalue weighted by molar-refractivity contribution is 6.33. The lowest BCUT2D eigenvalue weighted by atomic mass is 10.2. The van der Waals surface area contributed by atoms with Crippen LogP contribution in [0.3, 0.4) is 0 Å². The van der Waals surface area contributed by atoms with Crippen LogP contribution in [0.25, 0.3) is 0 Å². The van der Waals surface area contributed by atoms with Crippen molar-refractivity contribution < 1.29 is 14.3 Å². The minimum atomic E-state index is -0.959. The Balaban J connectivity index is 1.59. The maximum atomic E-state index is 12.3. The van der Waals surface area contributed by atoms with E-state index in [2.05, 4.69) is 10.4 Å². The largest absolute Gasteiger partial charge is 0.449 e. The van der Waals surface area contributed by atoms with Gasteiger partial charge in [-0.15, -0.1) is 0 Å². The van der Waals surface area contributed by atoms with Crippen molar-refractivity contribution in [2.75, 3.05) is 16.9 Å². The summed E-state index contributed by atoms with van der Waals surface area (Å²) in [7, 11) is 0. The summed E-state index contributed by atoms with van der Waals surface area (Å²) >= 11 is 6.02. The van der Waals surface area contributed by atoms with Crippen molar-refractivity contribution in [2.45, 2.75) is 26.4 Å². The van der Waals surface area contributed by atoms with Gasteiger partial charge in [0.1, 0.15) is 0 Å². The Morgan fingerprint density at radius 3 is 2.52 bits per heavy atom. The van der Waals surface area contributed by atoms with Crippen molar-refractivity contribution >= 4 is 40.6 Å². The molecule has 1 amide bonds. The van der Waals surface area contributed by atoms with Crippen LogP contribution in [0.15, 0.2) is 53.6 Å². The molecule has 0 radical (unpaired) electrons. The molecule has 0 bridgehead atoms. The Kier molecular flexibility index (Phi) is 5.76. The van der Waals surface area contributed by atoms with E-state index in [4.69, 9.17) is 16.3 Å². The third-order valence-electron chi connectivity index (χ3n) is 4.16. The molecule has 1 aliphatic rings. The number of hydrazone groups is 1. The molecule has 0 saturated carbocycles. The zero-order valence-electron chi connectivity index (χ0n) is 15.1. The fourth-order valence-electron chi connectivity index (χ4n) is 2.61. The molecule has 1 unspecified atom stereocenters. The first kappa shape index (κ1) is 18.9. The molecule has 1 heterocycles. The van der Waals surface area contributed by atoms with Crippen molar-refractivity contribution in [1.29, 1.82) is 0 Å². The number of ether oxygens (including phenoxy) is 1. The third-order valence-corrected chi connectivity index (χ3v) is 4.49. The maximum Gasteiger partial charge on any atom is 0.338 e. The summed E-state index contributed by atoms with van der Waals surface area (Å²) in [6.07, 6.45) is -0.0266. The SMILES string of the molecule is CC1=NN(c2ccc(C(=O)OC(C)C(=O)Nc3ccccc3Cl)cc2)CC1. The molecule has 2 aromatic rings. The van der Waals surface area contributed by atoms with Gasteiger partial charge in [0.25, 0.3) is 5.91 Å². The average molecular weight is 386 g/mol. The van der Waals surface area contributed by atoms with E-state index in [1.807, 2.05) is 24.1 Å². The van der Waals surface area contributed by atoms with Gasteiger partial charge >= 0.3 is 5.97 Å². The van der Waals surface area contributed by atoms with Crippen LogP contribution in [0, 0.1) is 0 Å². The van der Waals surface area contributed by atoms with E-state index in [0.717, 1.165) is 24.4 Å². The number of halogens is 1. The number of carbonyl (C=O) groups is 2. The van der Waals surface area contributed by atoms with E-state index in [1.54, 1.807) is 36.4 Å². The molecule has 6 nitrogen and oxygen atoms in total. The summed E-state index contributed by atoms with van der Waals surface area (Å²) < 4.78 is 5.26. The Bertz CT molecular complexity index is 880. The normalized spacial score (nSPS) is 14.5. The first-order chi connectivity index (χ1) is 12.9. The van der Waals surface area contributed by atoms with E-state index >= 15 is 0 Å². The van der Waals surface area contributed by atoms with Crippen LogP contribution in [0.4, 0.5) is 11.4 Å². The van der Waals surface area contributed by atoms with Crippen LogP contribution in [0.1, 0.15) is 30.6 Å². The van der Waals surface area contributed by atoms with Crippen molar-refractivity contribution in [1.82, 2.24) is 0 Å². The molecule has 0 spiro atoms. The molecule has 0 aromatic heterocycles. The number of benzene rings is 2. The van der Waals surface area contributed by atoms with Gasteiger partial charge in [-0.2, -0.15) is 5.10 Å². The van der Waals surface area contributed by atoms with Crippen LogP contribution >= 0.6 is 11.6 Å². The molecular formula is C20H20ClN3O3. The first-order valence-electron chi connectivity index (χ1n) is 8.62. The monoisotopic (exact) mass is 385 g/mol. The fourth-order valence-corrected chi connectivity index (χ4v) is 2.79. The number of carbonyl (C=O) groups excluding carboxylic acids is 2. The number of nitrogens with zero attached hydrogens (tertiary/aromatic N) is 2. The van der Waals surface area contributed by atoms with Gasteiger partial charge in [-0.25, -0.2) is 4.79 Å². The minimum Gasteiger partial charge on any atom is -0.449 e. The summed E-state index contributed by atoms with van der Waals surface area (Å²) in [6, 6.07) is 13.8. The summed E-state index contributed by atoms with van der Waals surface area (Å²) in [5.74, 6) is -1.01. The van der Waals surface area contributed by atoms with Gasteiger partial charge in [-0.1, -0.05) is 23.7 Å². The van der Waals surface area contributed by atoms with E-state index in [0.29, 0.717) is 16.3 Å². The van der Waals surface area contributed by atoms with Crippen LogP contribution in [0.5, 0.6) is 0 Å². The average Bonchev–Trinajstić information content (AvgIpc) is 3.10. The van der Waals surface area contributed by atoms with Gasteiger partial charge < -0.3 is 10.1 Å². The topological polar surface area (TPSA) is 71.0 Å². The molecule has 27 heavy (non-hydrogen) atoms. The Hall–Kier alpha value is -2.86. The lowest BCUT2D eigenvalue weighted by Gasteiger charge is -2.15. The van der Waals surface area contributed by atoms with Gasteiger partial charge in [-0.3, -0.25) is 9.80 Å². The lowest BCUT2D eigenvalue weighted by molar-refractivity contribution is -0.123. The van der Waals surface area contributed by atoms with Crippen molar-refractivity contribution in [2.24, 2.45) is 5.10 Å². The van der Waals surface area contributed by atoms with Gasteiger partial charge in [0.2, 0.25) is 0 Å². The molecule has 2 aromatic carbocycles. The predicted molar refractivity (Wildman–Crippen MR) is 106 cm³/mol. The molecule has 3 rings (SSSR count). The zero-order chi connectivity index (χ0) is 19.4. The molecule has 0 fully saturated rings. The molecular weight excluding hydrogens is 366 g/mol. The molecule has 140 valence electrons. The number of para-hydroxylation sites is 1. The third kappa shape index (κ3) is 4.65. The number of nitrogens with one attached hydrogen (secondary N) is 1. The molecule has 1 aliphatic heterocycles. The molecule has 0 saturated heterocycles. The smallest absolute Gasteiger partial charge is 0.338 e. The Labute approximate surface area is 162 Å². The zero-order valence-corrected chi connectivity index (χ0v) is 15.9. The summed E-state index contributed by atoms with van der Waals surface area (Å²) in [6.45, 7) is 4.33. The number of anilines is 2. The van der Waals surface area contributed by atoms with E-state index < -0.39 is 18.0 Å². The first-order valence-corrected chi connectivity index (χ1v) is 9.00. The van der Waals surface area contributed by atoms with Crippen LogP contribution < -0.4 is 10.3 Å². The molecule has 7 heteroatoms. The van der Waals surface area contributed by atoms with Gasteiger partial charge in [-0.05, 0) is 50.2 Å². The molecule has 0 aliphatic carbocycles. The van der Waals surface area contributed by atoms with Crippen LogP contribution in [-0.4, -0.2) is 30.2 Å². The Morgan fingerprint density at radius 1 is 1.19 bits per heavy atom. The minimum absolute atomic E-state index is 0.371. The van der Waals surface area contributed by atoms with Crippen molar-refractivity contribution in [3.8, 4) is 0 Å². The number of hydrogen-bond acceptors (Lipinski definition) is 5. The predicted octanol–water partition coefficient (Wildman–Crippen LogP) is 4.11. The van der Waals surface area contributed by atoms with Crippen LogP contribution in [0.2, 0.25) is 5.02 Å². The quantitative estimate of drug-likeness (QED) is 0.786. The molecule has 1 atom stereocenters. The fraction of sp³-hybridized carbons (Fsp3) is 0.250. The van der Waals surface area contributed by atoms with Gasteiger partial charge in [0, 0.05) is 18.7 Å². The van der Waals surface area contributed by atoms with Crippen LogP contribution in [-0.2, 0) is 9.53 Å². The number of amides is 1. The summed E-state index contributed by atoms with van der Waals surface area (Å²) in [5.41, 5.74) is 2.83. The maximum absolute atomic E-state index is 12.3. The van der Waals surface area contributed by atoms with Crippen molar-refractivity contribution in [3.63, 3.8) is 0 Å². The second kappa shape index (κ2) is 8.22. The highest BCUT2D eigenvalue weighted by atomic mass is 35.5. The summed E-state index contributed by atoms with van der Waals surface area (Å²) in [4.78, 5) is 24.5. The standard InChI is InChI=1S/C20H20ClN3O3/c1-13-11-12-24(23-13)16-9-7-15(8-10-16)20(26)27-14(2)19(25)22-18-6-4-3-5-17(18)21/h3-10,14H,11-12H2,1-2H3,(H,22,25). The van der Waals surface area contributed by atoms with E-state index in [9.17, 15) is 9.59 Å². The van der Waals surface area contributed by atoms with Gasteiger partial charge in [0.05, 0.1) is 22.0 Å².